The van der Waals surface area contributed by atoms with Crippen molar-refractivity contribution in [3.05, 3.63) is 0 Å². The Morgan fingerprint density at radius 3 is 2.27 bits per heavy atom. The third kappa shape index (κ3) is 1.62. The van der Waals surface area contributed by atoms with E-state index in [1.807, 2.05) is 0 Å². The number of hydrogen-bond acceptors (Lipinski definition) is 4. The number of aliphatic carboxylic acids is 2. The molecule has 2 N–H and O–H groups in total. The van der Waals surface area contributed by atoms with Crippen LogP contribution in [0.5, 0.6) is 0 Å². The third-order valence-corrected chi connectivity index (χ3v) is 2.81. The summed E-state index contributed by atoms with van der Waals surface area (Å²) < 4.78 is 0. The van der Waals surface area contributed by atoms with Gasteiger partial charge < -0.3 is 10.2 Å². The van der Waals surface area contributed by atoms with Gasteiger partial charge in [-0.05, 0) is 6.92 Å². The van der Waals surface area contributed by atoms with Gasteiger partial charge in [-0.3, -0.25) is 19.2 Å². The maximum Gasteiger partial charge on any atom is 0.317 e. The number of ketones is 2. The summed E-state index contributed by atoms with van der Waals surface area (Å²) in [4.78, 5) is 44.1. The van der Waals surface area contributed by atoms with E-state index < -0.39 is 47.7 Å². The Morgan fingerprint density at radius 1 is 1.33 bits per heavy atom. The highest BCUT2D eigenvalue weighted by Crippen LogP contribution is 2.37. The minimum absolute atomic E-state index is 0.399. The lowest BCUT2D eigenvalue weighted by molar-refractivity contribution is -0.170. The van der Waals surface area contributed by atoms with Crippen LogP contribution in [0.25, 0.3) is 0 Å². The molecular formula is C9H10O6. The van der Waals surface area contributed by atoms with Crippen molar-refractivity contribution in [1.29, 1.82) is 0 Å². The fourth-order valence-corrected chi connectivity index (χ4v) is 1.66. The number of carbonyl (C=O) groups is 4. The van der Waals surface area contributed by atoms with E-state index >= 15 is 0 Å². The normalized spacial score (nSPS) is 31.4. The molecule has 1 aliphatic carbocycles. The third-order valence-electron chi connectivity index (χ3n) is 2.81. The maximum atomic E-state index is 11.4. The number of carbonyl (C=O) groups excluding carboxylic acids is 2. The second-order valence-electron chi connectivity index (χ2n) is 3.74. The fraction of sp³-hybridized carbons (Fsp3) is 0.556. The van der Waals surface area contributed by atoms with Crippen LogP contribution in [0.15, 0.2) is 0 Å². The van der Waals surface area contributed by atoms with Gasteiger partial charge in [0.1, 0.15) is 11.2 Å². The van der Waals surface area contributed by atoms with Crippen molar-refractivity contribution >= 4 is 23.5 Å². The number of Topliss-reactive ketones (excluding diaryl/α,β-unsaturated/α-hetero) is 2. The molecule has 6 heteroatoms. The van der Waals surface area contributed by atoms with Gasteiger partial charge in [-0.2, -0.15) is 0 Å². The lowest BCUT2D eigenvalue weighted by atomic mass is 9.66. The fourth-order valence-electron chi connectivity index (χ4n) is 1.66. The van der Waals surface area contributed by atoms with Crippen LogP contribution in [0.3, 0.4) is 0 Å². The van der Waals surface area contributed by atoms with E-state index in [1.54, 1.807) is 0 Å². The van der Waals surface area contributed by atoms with Crippen LogP contribution >= 0.6 is 0 Å². The molecule has 0 aromatic rings. The van der Waals surface area contributed by atoms with Crippen molar-refractivity contribution in [2.24, 2.45) is 11.3 Å². The number of carboxylic acid groups (broad SMARTS) is 2. The van der Waals surface area contributed by atoms with E-state index in [0.29, 0.717) is 0 Å². The van der Waals surface area contributed by atoms with Gasteiger partial charge >= 0.3 is 11.9 Å². The molecular weight excluding hydrogens is 204 g/mol. The minimum Gasteiger partial charge on any atom is -0.481 e. The SMILES string of the molecule is CC1(C(=O)O)C(=O)CC(=O)CC1C(=O)O. The first-order valence-electron chi connectivity index (χ1n) is 4.31. The van der Waals surface area contributed by atoms with E-state index in [9.17, 15) is 19.2 Å². The van der Waals surface area contributed by atoms with Crippen molar-refractivity contribution in [2.75, 3.05) is 0 Å². The Kier molecular flexibility index (Phi) is 2.61. The van der Waals surface area contributed by atoms with Crippen molar-refractivity contribution in [3.63, 3.8) is 0 Å². The molecule has 0 spiro atoms. The van der Waals surface area contributed by atoms with Gasteiger partial charge in [0.25, 0.3) is 0 Å². The molecule has 0 heterocycles. The van der Waals surface area contributed by atoms with Gasteiger partial charge in [-0.1, -0.05) is 0 Å². The molecule has 1 saturated carbocycles. The summed E-state index contributed by atoms with van der Waals surface area (Å²) in [5, 5.41) is 17.7. The van der Waals surface area contributed by atoms with Gasteiger partial charge in [0.05, 0.1) is 12.3 Å². The zero-order chi connectivity index (χ0) is 11.8. The van der Waals surface area contributed by atoms with Crippen LogP contribution in [-0.2, 0) is 19.2 Å². The maximum absolute atomic E-state index is 11.4. The van der Waals surface area contributed by atoms with E-state index in [0.717, 1.165) is 6.92 Å². The Morgan fingerprint density at radius 2 is 1.87 bits per heavy atom. The topological polar surface area (TPSA) is 109 Å². The monoisotopic (exact) mass is 214 g/mol. The Balaban J connectivity index is 3.19. The van der Waals surface area contributed by atoms with Crippen LogP contribution in [0.4, 0.5) is 0 Å². The predicted molar refractivity (Wildman–Crippen MR) is 46.1 cm³/mol. The second-order valence-corrected chi connectivity index (χ2v) is 3.74. The van der Waals surface area contributed by atoms with Crippen molar-refractivity contribution in [1.82, 2.24) is 0 Å². The molecule has 0 amide bonds. The van der Waals surface area contributed by atoms with Gasteiger partial charge in [0.2, 0.25) is 0 Å². The molecule has 1 aliphatic rings. The molecule has 1 fully saturated rings. The van der Waals surface area contributed by atoms with Crippen LogP contribution in [0.2, 0.25) is 0 Å². The minimum atomic E-state index is -1.99. The summed E-state index contributed by atoms with van der Waals surface area (Å²) >= 11 is 0. The molecule has 1 rings (SSSR count). The lowest BCUT2D eigenvalue weighted by Gasteiger charge is -2.32. The molecule has 0 aliphatic heterocycles. The average molecular weight is 214 g/mol. The van der Waals surface area contributed by atoms with Crippen molar-refractivity contribution in [2.45, 2.75) is 19.8 Å². The van der Waals surface area contributed by atoms with Crippen LogP contribution in [0.1, 0.15) is 19.8 Å². The summed E-state index contributed by atoms with van der Waals surface area (Å²) in [5.74, 6) is -5.75. The summed E-state index contributed by atoms with van der Waals surface area (Å²) in [6, 6.07) is 0. The summed E-state index contributed by atoms with van der Waals surface area (Å²) in [7, 11) is 0. The molecule has 0 bridgehead atoms. The molecule has 0 aromatic carbocycles. The van der Waals surface area contributed by atoms with E-state index in [2.05, 4.69) is 0 Å². The average Bonchev–Trinajstić information content (AvgIpc) is 2.10. The molecule has 6 nitrogen and oxygen atoms in total. The zero-order valence-electron chi connectivity index (χ0n) is 8.02. The largest absolute Gasteiger partial charge is 0.481 e. The smallest absolute Gasteiger partial charge is 0.317 e. The number of rotatable bonds is 2. The Labute approximate surface area is 84.9 Å². The lowest BCUT2D eigenvalue weighted by Crippen LogP contribution is -2.51. The first-order valence-corrected chi connectivity index (χ1v) is 4.31. The summed E-state index contributed by atoms with van der Waals surface area (Å²) in [6.45, 7) is 1.06. The van der Waals surface area contributed by atoms with E-state index in [-0.39, 0.29) is 0 Å². The van der Waals surface area contributed by atoms with E-state index in [4.69, 9.17) is 10.2 Å². The standard InChI is InChI=1S/C9H10O6/c1-9(8(14)15)5(7(12)13)2-4(10)3-6(9)11/h5H,2-3H2,1H3,(H,12,13)(H,14,15). The molecule has 2 unspecified atom stereocenters. The predicted octanol–water partition coefficient (Wildman–Crippen LogP) is -0.290. The molecule has 0 aromatic heterocycles. The molecule has 0 saturated heterocycles. The second kappa shape index (κ2) is 3.45. The highest BCUT2D eigenvalue weighted by molar-refractivity contribution is 6.15. The van der Waals surface area contributed by atoms with Gasteiger partial charge in [-0.25, -0.2) is 0 Å². The summed E-state index contributed by atoms with van der Waals surface area (Å²) in [6.07, 6.45) is -0.892. The summed E-state index contributed by atoms with van der Waals surface area (Å²) in [5.41, 5.74) is -1.99. The number of carboxylic acids is 2. The van der Waals surface area contributed by atoms with Crippen molar-refractivity contribution < 1.29 is 29.4 Å². The molecule has 15 heavy (non-hydrogen) atoms. The highest BCUT2D eigenvalue weighted by atomic mass is 16.4. The zero-order valence-corrected chi connectivity index (χ0v) is 8.02. The van der Waals surface area contributed by atoms with Crippen LogP contribution in [0, 0.1) is 11.3 Å². The Hall–Kier alpha value is -1.72. The number of hydrogen-bond donors (Lipinski definition) is 2. The van der Waals surface area contributed by atoms with Gasteiger partial charge in [0, 0.05) is 6.42 Å². The quantitative estimate of drug-likeness (QED) is 0.611. The first kappa shape index (κ1) is 11.4. The molecule has 82 valence electrons. The van der Waals surface area contributed by atoms with Gasteiger partial charge in [0.15, 0.2) is 5.78 Å². The highest BCUT2D eigenvalue weighted by Gasteiger charge is 2.55. The Bertz CT molecular complexity index is 358. The van der Waals surface area contributed by atoms with Crippen LogP contribution in [-0.4, -0.2) is 33.7 Å². The van der Waals surface area contributed by atoms with Crippen LogP contribution < -0.4 is 0 Å². The first-order chi connectivity index (χ1) is 6.80. The van der Waals surface area contributed by atoms with Crippen molar-refractivity contribution in [3.8, 4) is 0 Å². The molecule has 2 atom stereocenters. The molecule has 0 radical (unpaired) electrons. The van der Waals surface area contributed by atoms with Gasteiger partial charge in [-0.15, -0.1) is 0 Å². The van der Waals surface area contributed by atoms with E-state index in [1.165, 1.54) is 0 Å².